The van der Waals surface area contributed by atoms with Gasteiger partial charge in [-0.1, -0.05) is 0 Å². The molecular weight excluding hydrogens is 359 g/mol. The van der Waals surface area contributed by atoms with Crippen molar-refractivity contribution in [3.8, 4) is 0 Å². The van der Waals surface area contributed by atoms with E-state index in [4.69, 9.17) is 0 Å². The molecule has 0 aromatic heterocycles. The van der Waals surface area contributed by atoms with Crippen LogP contribution in [0.5, 0.6) is 0 Å². The molecule has 0 radical (unpaired) electrons. The van der Waals surface area contributed by atoms with Crippen LogP contribution >= 0.6 is 0 Å². The van der Waals surface area contributed by atoms with Crippen molar-refractivity contribution in [3.63, 3.8) is 0 Å². The molecule has 0 atom stereocenters. The van der Waals surface area contributed by atoms with E-state index in [1.165, 1.54) is 69.3 Å². The number of hydrogen-bond donors (Lipinski definition) is 0. The SMILES string of the molecule is CC(C)(C)N1CC2(CCN(C3C4CC5CC(C4)CC3C5)CC2)c2cc(F)ccc21. The van der Waals surface area contributed by atoms with Crippen molar-refractivity contribution in [2.24, 2.45) is 23.7 Å². The highest BCUT2D eigenvalue weighted by molar-refractivity contribution is 5.64. The van der Waals surface area contributed by atoms with Crippen molar-refractivity contribution in [2.75, 3.05) is 24.5 Å². The quantitative estimate of drug-likeness (QED) is 0.609. The van der Waals surface area contributed by atoms with Gasteiger partial charge in [0.15, 0.2) is 0 Å². The molecule has 158 valence electrons. The van der Waals surface area contributed by atoms with Gasteiger partial charge in [0.1, 0.15) is 5.82 Å². The highest BCUT2D eigenvalue weighted by Crippen LogP contribution is 2.56. The number of halogens is 1. The summed E-state index contributed by atoms with van der Waals surface area (Å²) in [4.78, 5) is 5.43. The first-order valence-corrected chi connectivity index (χ1v) is 12.1. The van der Waals surface area contributed by atoms with E-state index in [9.17, 15) is 4.39 Å². The Morgan fingerprint density at radius 3 is 2.14 bits per heavy atom. The molecule has 4 saturated carbocycles. The fourth-order valence-electron chi connectivity index (χ4n) is 8.41. The zero-order chi connectivity index (χ0) is 20.0. The second kappa shape index (κ2) is 6.22. The second-order valence-electron chi connectivity index (χ2n) is 12.2. The molecule has 29 heavy (non-hydrogen) atoms. The summed E-state index contributed by atoms with van der Waals surface area (Å²) < 4.78 is 14.3. The molecule has 2 nitrogen and oxygen atoms in total. The lowest BCUT2D eigenvalue weighted by atomic mass is 9.53. The Hall–Kier alpha value is -1.09. The standard InChI is InChI=1S/C26H37FN2/c1-25(2,3)29-16-26(22-15-21(27)4-5-23(22)29)6-8-28(9-7-26)24-19-11-17-10-18(13-19)14-20(24)12-17/h4-5,15,17-20,24H,6-14,16H2,1-3H3. The first-order chi connectivity index (χ1) is 13.8. The minimum Gasteiger partial charge on any atom is -0.366 e. The fourth-order valence-corrected chi connectivity index (χ4v) is 8.41. The van der Waals surface area contributed by atoms with Crippen molar-refractivity contribution >= 4 is 5.69 Å². The van der Waals surface area contributed by atoms with E-state index in [-0.39, 0.29) is 16.8 Å². The van der Waals surface area contributed by atoms with Crippen LogP contribution in [0.15, 0.2) is 18.2 Å². The number of benzene rings is 1. The maximum atomic E-state index is 14.3. The largest absolute Gasteiger partial charge is 0.366 e. The molecule has 0 amide bonds. The Kier molecular flexibility index (Phi) is 4.00. The van der Waals surface area contributed by atoms with Crippen LogP contribution in [0, 0.1) is 29.5 Å². The first kappa shape index (κ1) is 18.7. The van der Waals surface area contributed by atoms with Crippen LogP contribution in [-0.2, 0) is 5.41 Å². The number of piperidine rings is 1. The molecule has 0 unspecified atom stereocenters. The average Bonchev–Trinajstić information content (AvgIpc) is 2.96. The molecule has 1 aromatic carbocycles. The van der Waals surface area contributed by atoms with Crippen molar-refractivity contribution in [2.45, 2.75) is 82.7 Å². The highest BCUT2D eigenvalue weighted by atomic mass is 19.1. The molecule has 2 aliphatic heterocycles. The Labute approximate surface area is 175 Å². The third-order valence-electron chi connectivity index (χ3n) is 9.45. The van der Waals surface area contributed by atoms with E-state index < -0.39 is 0 Å². The first-order valence-electron chi connectivity index (χ1n) is 12.1. The van der Waals surface area contributed by atoms with E-state index in [1.807, 2.05) is 12.1 Å². The van der Waals surface area contributed by atoms with Crippen LogP contribution in [0.25, 0.3) is 0 Å². The smallest absolute Gasteiger partial charge is 0.123 e. The number of fused-ring (bicyclic) bond motifs is 2. The Balaban J connectivity index is 1.25. The van der Waals surface area contributed by atoms with Gasteiger partial charge in [-0.3, -0.25) is 4.90 Å². The zero-order valence-electron chi connectivity index (χ0n) is 18.5. The number of nitrogens with zero attached hydrogens (tertiary/aromatic N) is 2. The zero-order valence-corrected chi connectivity index (χ0v) is 18.5. The lowest BCUT2D eigenvalue weighted by Gasteiger charge is -2.58. The Morgan fingerprint density at radius 1 is 0.931 bits per heavy atom. The molecular formula is C26H37FN2. The lowest BCUT2D eigenvalue weighted by molar-refractivity contribution is -0.0749. The van der Waals surface area contributed by atoms with Crippen molar-refractivity contribution in [1.29, 1.82) is 0 Å². The van der Waals surface area contributed by atoms with Crippen molar-refractivity contribution in [1.82, 2.24) is 4.90 Å². The van der Waals surface area contributed by atoms with Crippen LogP contribution in [0.1, 0.15) is 71.3 Å². The molecule has 7 rings (SSSR count). The topological polar surface area (TPSA) is 6.48 Å². The Bertz CT molecular complexity index is 773. The molecule has 6 aliphatic rings. The van der Waals surface area contributed by atoms with E-state index in [1.54, 1.807) is 6.07 Å². The van der Waals surface area contributed by atoms with Gasteiger partial charge in [0.25, 0.3) is 0 Å². The predicted octanol–water partition coefficient (Wildman–Crippen LogP) is 5.60. The van der Waals surface area contributed by atoms with Gasteiger partial charge in [0.2, 0.25) is 0 Å². The number of anilines is 1. The third kappa shape index (κ3) is 2.82. The van der Waals surface area contributed by atoms with Gasteiger partial charge in [-0.2, -0.15) is 0 Å². The van der Waals surface area contributed by atoms with Crippen LogP contribution in [0.4, 0.5) is 10.1 Å². The van der Waals surface area contributed by atoms with Crippen LogP contribution in [0.3, 0.4) is 0 Å². The van der Waals surface area contributed by atoms with E-state index in [0.29, 0.717) is 0 Å². The Morgan fingerprint density at radius 2 is 1.55 bits per heavy atom. The van der Waals surface area contributed by atoms with E-state index in [2.05, 4.69) is 30.6 Å². The van der Waals surface area contributed by atoms with Gasteiger partial charge >= 0.3 is 0 Å². The summed E-state index contributed by atoms with van der Waals surface area (Å²) in [6.45, 7) is 10.4. The van der Waals surface area contributed by atoms with Crippen molar-refractivity contribution < 1.29 is 4.39 Å². The second-order valence-corrected chi connectivity index (χ2v) is 12.2. The monoisotopic (exact) mass is 396 g/mol. The summed E-state index contributed by atoms with van der Waals surface area (Å²) in [5, 5.41) is 0. The summed E-state index contributed by atoms with van der Waals surface area (Å²) in [7, 11) is 0. The van der Waals surface area contributed by atoms with Gasteiger partial charge in [0, 0.05) is 29.2 Å². The van der Waals surface area contributed by atoms with Crippen LogP contribution < -0.4 is 4.90 Å². The molecule has 5 fully saturated rings. The third-order valence-corrected chi connectivity index (χ3v) is 9.45. The molecule has 2 heterocycles. The maximum Gasteiger partial charge on any atom is 0.123 e. The van der Waals surface area contributed by atoms with E-state index in [0.717, 1.165) is 36.3 Å². The lowest BCUT2D eigenvalue weighted by Crippen LogP contribution is -2.59. The van der Waals surface area contributed by atoms with Gasteiger partial charge < -0.3 is 4.90 Å². The van der Waals surface area contributed by atoms with E-state index >= 15 is 0 Å². The molecule has 0 N–H and O–H groups in total. The van der Waals surface area contributed by atoms with Gasteiger partial charge in [-0.05, 0) is 126 Å². The molecule has 1 saturated heterocycles. The molecule has 3 heteroatoms. The summed E-state index contributed by atoms with van der Waals surface area (Å²) in [5.41, 5.74) is 2.79. The van der Waals surface area contributed by atoms with Gasteiger partial charge in [-0.25, -0.2) is 4.39 Å². The normalized spacial score (nSPS) is 38.1. The predicted molar refractivity (Wildman–Crippen MR) is 117 cm³/mol. The van der Waals surface area contributed by atoms with Crippen molar-refractivity contribution in [3.05, 3.63) is 29.6 Å². The minimum atomic E-state index is -0.0673. The van der Waals surface area contributed by atoms with Crippen LogP contribution in [0.2, 0.25) is 0 Å². The molecule has 1 spiro atoms. The molecule has 1 aromatic rings. The maximum absolute atomic E-state index is 14.3. The summed E-state index contributed by atoms with van der Waals surface area (Å²) in [6, 6.07) is 6.40. The summed E-state index contributed by atoms with van der Waals surface area (Å²) >= 11 is 0. The molecule has 4 aliphatic carbocycles. The number of likely N-dealkylation sites (tertiary alicyclic amines) is 1. The molecule has 4 bridgehead atoms. The number of rotatable bonds is 1. The summed E-state index contributed by atoms with van der Waals surface area (Å²) in [6.07, 6.45) is 9.94. The summed E-state index contributed by atoms with van der Waals surface area (Å²) in [5.74, 6) is 3.98. The highest BCUT2D eigenvalue weighted by Gasteiger charge is 2.53. The number of hydrogen-bond acceptors (Lipinski definition) is 2. The van der Waals surface area contributed by atoms with Crippen LogP contribution in [-0.4, -0.2) is 36.1 Å². The van der Waals surface area contributed by atoms with Gasteiger partial charge in [0.05, 0.1) is 0 Å². The van der Waals surface area contributed by atoms with Gasteiger partial charge in [-0.15, -0.1) is 0 Å². The average molecular weight is 397 g/mol. The fraction of sp³-hybridized carbons (Fsp3) is 0.769. The minimum absolute atomic E-state index is 0.0673.